The van der Waals surface area contributed by atoms with E-state index in [1.807, 2.05) is 18.2 Å². The van der Waals surface area contributed by atoms with Crippen LogP contribution in [0.5, 0.6) is 0 Å². The van der Waals surface area contributed by atoms with Gasteiger partial charge in [-0.3, -0.25) is 0 Å². The van der Waals surface area contributed by atoms with E-state index < -0.39 is 0 Å². The van der Waals surface area contributed by atoms with Gasteiger partial charge in [-0.1, -0.05) is 37.3 Å². The van der Waals surface area contributed by atoms with Crippen molar-refractivity contribution in [3.05, 3.63) is 35.9 Å². The Labute approximate surface area is 97.7 Å². The highest BCUT2D eigenvalue weighted by molar-refractivity contribution is 5.19. The predicted molar refractivity (Wildman–Crippen MR) is 66.2 cm³/mol. The van der Waals surface area contributed by atoms with Gasteiger partial charge >= 0.3 is 0 Å². The second-order valence-electron chi connectivity index (χ2n) is 5.19. The van der Waals surface area contributed by atoms with E-state index in [2.05, 4.69) is 31.3 Å². The molecule has 0 heterocycles. The minimum Gasteiger partial charge on any atom is -0.394 e. The van der Waals surface area contributed by atoms with Gasteiger partial charge in [-0.25, -0.2) is 0 Å². The zero-order chi connectivity index (χ0) is 11.6. The summed E-state index contributed by atoms with van der Waals surface area (Å²) in [7, 11) is 0. The fraction of sp³-hybridized carbons (Fsp3) is 0.571. The van der Waals surface area contributed by atoms with Crippen molar-refractivity contribution in [2.45, 2.75) is 38.8 Å². The lowest BCUT2D eigenvalue weighted by molar-refractivity contribution is 0.219. The molecule has 2 atom stereocenters. The van der Waals surface area contributed by atoms with E-state index in [1.165, 1.54) is 18.4 Å². The van der Waals surface area contributed by atoms with Crippen molar-refractivity contribution in [2.24, 2.45) is 5.41 Å². The fourth-order valence-corrected chi connectivity index (χ4v) is 2.07. The monoisotopic (exact) mass is 219 g/mol. The molecule has 2 nitrogen and oxygen atoms in total. The highest BCUT2D eigenvalue weighted by Gasteiger charge is 2.42. The standard InChI is InChI=1S/C14H21NO/c1-11(14(2)8-9-14)15-13(10-16)12-6-4-3-5-7-12/h3-7,11,13,15-16H,8-10H2,1-2H3. The van der Waals surface area contributed by atoms with Gasteiger partial charge in [0.1, 0.15) is 0 Å². The highest BCUT2D eigenvalue weighted by atomic mass is 16.3. The summed E-state index contributed by atoms with van der Waals surface area (Å²) in [6.45, 7) is 4.69. The summed E-state index contributed by atoms with van der Waals surface area (Å²) in [4.78, 5) is 0. The van der Waals surface area contributed by atoms with E-state index in [0.717, 1.165) is 0 Å². The lowest BCUT2D eigenvalue weighted by Gasteiger charge is -2.26. The van der Waals surface area contributed by atoms with Crippen LogP contribution in [0.25, 0.3) is 0 Å². The van der Waals surface area contributed by atoms with Crippen LogP contribution in [0.2, 0.25) is 0 Å². The molecule has 0 bridgehead atoms. The Kier molecular flexibility index (Phi) is 3.31. The van der Waals surface area contributed by atoms with Crippen LogP contribution in [-0.4, -0.2) is 17.8 Å². The molecule has 2 heteroatoms. The van der Waals surface area contributed by atoms with Crippen LogP contribution in [-0.2, 0) is 0 Å². The zero-order valence-electron chi connectivity index (χ0n) is 10.1. The van der Waals surface area contributed by atoms with E-state index in [1.54, 1.807) is 0 Å². The van der Waals surface area contributed by atoms with Crippen LogP contribution < -0.4 is 5.32 Å². The molecule has 0 aromatic heterocycles. The molecule has 16 heavy (non-hydrogen) atoms. The van der Waals surface area contributed by atoms with Crippen LogP contribution in [0.4, 0.5) is 0 Å². The molecule has 2 rings (SSSR count). The van der Waals surface area contributed by atoms with Gasteiger partial charge in [0.2, 0.25) is 0 Å². The molecule has 0 aliphatic heterocycles. The fourth-order valence-electron chi connectivity index (χ4n) is 2.07. The molecule has 0 amide bonds. The minimum atomic E-state index is 0.0635. The largest absolute Gasteiger partial charge is 0.394 e. The third-order valence-corrected chi connectivity index (χ3v) is 3.92. The first-order chi connectivity index (χ1) is 7.65. The summed E-state index contributed by atoms with van der Waals surface area (Å²) in [6.07, 6.45) is 2.60. The molecular weight excluding hydrogens is 198 g/mol. The average Bonchev–Trinajstić information content (AvgIpc) is 3.06. The van der Waals surface area contributed by atoms with Crippen molar-refractivity contribution in [2.75, 3.05) is 6.61 Å². The van der Waals surface area contributed by atoms with Crippen molar-refractivity contribution in [1.82, 2.24) is 5.32 Å². The smallest absolute Gasteiger partial charge is 0.0626 e. The van der Waals surface area contributed by atoms with Crippen molar-refractivity contribution in [3.8, 4) is 0 Å². The lowest BCUT2D eigenvalue weighted by atomic mass is 9.98. The molecule has 1 aliphatic carbocycles. The molecule has 0 spiro atoms. The third-order valence-electron chi connectivity index (χ3n) is 3.92. The number of hydrogen-bond acceptors (Lipinski definition) is 2. The molecule has 1 saturated carbocycles. The Hall–Kier alpha value is -0.860. The first kappa shape index (κ1) is 11.6. The maximum Gasteiger partial charge on any atom is 0.0626 e. The van der Waals surface area contributed by atoms with Crippen molar-refractivity contribution >= 4 is 0 Å². The Morgan fingerprint density at radius 3 is 2.44 bits per heavy atom. The van der Waals surface area contributed by atoms with Crippen LogP contribution >= 0.6 is 0 Å². The Balaban J connectivity index is 2.01. The topological polar surface area (TPSA) is 32.3 Å². The second kappa shape index (κ2) is 4.56. The summed E-state index contributed by atoms with van der Waals surface area (Å²) in [6, 6.07) is 10.7. The Morgan fingerprint density at radius 2 is 1.94 bits per heavy atom. The molecule has 2 unspecified atom stereocenters. The lowest BCUT2D eigenvalue weighted by Crippen LogP contribution is -2.37. The summed E-state index contributed by atoms with van der Waals surface area (Å²) in [5, 5.41) is 13.0. The molecule has 0 saturated heterocycles. The molecule has 0 radical (unpaired) electrons. The molecule has 1 aromatic rings. The SMILES string of the molecule is CC(NC(CO)c1ccccc1)C1(C)CC1. The van der Waals surface area contributed by atoms with Crippen LogP contribution in [0.1, 0.15) is 38.3 Å². The van der Waals surface area contributed by atoms with Crippen LogP contribution in [0, 0.1) is 5.41 Å². The summed E-state index contributed by atoms with van der Waals surface area (Å²) >= 11 is 0. The molecule has 2 N–H and O–H groups in total. The number of rotatable bonds is 5. The number of benzene rings is 1. The van der Waals surface area contributed by atoms with E-state index in [-0.39, 0.29) is 12.6 Å². The molecular formula is C14H21NO. The van der Waals surface area contributed by atoms with Gasteiger partial charge in [0, 0.05) is 6.04 Å². The van der Waals surface area contributed by atoms with Crippen molar-refractivity contribution in [3.63, 3.8) is 0 Å². The van der Waals surface area contributed by atoms with Gasteiger partial charge in [-0.15, -0.1) is 0 Å². The maximum absolute atomic E-state index is 9.45. The van der Waals surface area contributed by atoms with E-state index >= 15 is 0 Å². The number of hydrogen-bond donors (Lipinski definition) is 2. The second-order valence-corrected chi connectivity index (χ2v) is 5.19. The number of aliphatic hydroxyl groups is 1. The van der Waals surface area contributed by atoms with Gasteiger partial charge in [-0.05, 0) is 30.7 Å². The molecule has 1 aliphatic rings. The van der Waals surface area contributed by atoms with Gasteiger partial charge in [0.25, 0.3) is 0 Å². The van der Waals surface area contributed by atoms with Crippen molar-refractivity contribution in [1.29, 1.82) is 0 Å². The van der Waals surface area contributed by atoms with E-state index in [9.17, 15) is 5.11 Å². The predicted octanol–water partition coefficient (Wildman–Crippen LogP) is 2.50. The van der Waals surface area contributed by atoms with Gasteiger partial charge < -0.3 is 10.4 Å². The zero-order valence-corrected chi connectivity index (χ0v) is 10.1. The molecule has 88 valence electrons. The number of aliphatic hydroxyl groups excluding tert-OH is 1. The average molecular weight is 219 g/mol. The molecule has 1 aromatic carbocycles. The minimum absolute atomic E-state index is 0.0635. The summed E-state index contributed by atoms with van der Waals surface area (Å²) in [5.41, 5.74) is 1.61. The first-order valence-corrected chi connectivity index (χ1v) is 6.07. The highest BCUT2D eigenvalue weighted by Crippen LogP contribution is 2.48. The van der Waals surface area contributed by atoms with Crippen molar-refractivity contribution < 1.29 is 5.11 Å². The number of nitrogens with one attached hydrogen (secondary N) is 1. The third kappa shape index (κ3) is 2.45. The summed E-state index contributed by atoms with van der Waals surface area (Å²) in [5.74, 6) is 0. The van der Waals surface area contributed by atoms with Gasteiger partial charge in [-0.2, -0.15) is 0 Å². The Bertz CT molecular complexity index is 332. The van der Waals surface area contributed by atoms with Gasteiger partial charge in [0.15, 0.2) is 0 Å². The normalized spacial score (nSPS) is 21.4. The Morgan fingerprint density at radius 1 is 1.31 bits per heavy atom. The first-order valence-electron chi connectivity index (χ1n) is 6.07. The summed E-state index contributed by atoms with van der Waals surface area (Å²) < 4.78 is 0. The van der Waals surface area contributed by atoms with E-state index in [0.29, 0.717) is 11.5 Å². The molecule has 1 fully saturated rings. The van der Waals surface area contributed by atoms with Crippen LogP contribution in [0.15, 0.2) is 30.3 Å². The van der Waals surface area contributed by atoms with Gasteiger partial charge in [0.05, 0.1) is 12.6 Å². The quantitative estimate of drug-likeness (QED) is 0.797. The van der Waals surface area contributed by atoms with E-state index in [4.69, 9.17) is 0 Å². The maximum atomic E-state index is 9.45. The van der Waals surface area contributed by atoms with Crippen LogP contribution in [0.3, 0.4) is 0 Å².